The summed E-state index contributed by atoms with van der Waals surface area (Å²) < 4.78 is 10.5. The molecule has 0 atom stereocenters. The van der Waals surface area contributed by atoms with Gasteiger partial charge in [-0.1, -0.05) is 6.92 Å². The van der Waals surface area contributed by atoms with Crippen LogP contribution < -0.4 is 25.4 Å². The molecule has 3 rings (SSSR count). The van der Waals surface area contributed by atoms with E-state index in [1.165, 1.54) is 0 Å². The van der Waals surface area contributed by atoms with E-state index in [1.807, 2.05) is 13.0 Å². The van der Waals surface area contributed by atoms with E-state index in [-0.39, 0.29) is 12.7 Å². The maximum atomic E-state index is 12.1. The summed E-state index contributed by atoms with van der Waals surface area (Å²) in [5, 5.41) is 8.52. The summed E-state index contributed by atoms with van der Waals surface area (Å²) >= 11 is 0. The van der Waals surface area contributed by atoms with Gasteiger partial charge in [-0.05, 0) is 25.5 Å². The van der Waals surface area contributed by atoms with Gasteiger partial charge in [-0.2, -0.15) is 4.98 Å². The van der Waals surface area contributed by atoms with Crippen molar-refractivity contribution in [2.45, 2.75) is 20.3 Å². The summed E-state index contributed by atoms with van der Waals surface area (Å²) in [7, 11) is 0. The zero-order valence-corrected chi connectivity index (χ0v) is 13.5. The molecule has 0 radical (unpaired) electrons. The Bertz CT molecular complexity index is 750. The lowest BCUT2D eigenvalue weighted by molar-refractivity contribution is 0.174. The van der Waals surface area contributed by atoms with Gasteiger partial charge in [0.05, 0.1) is 0 Å². The first-order chi connectivity index (χ1) is 11.6. The first-order valence-corrected chi connectivity index (χ1v) is 7.71. The van der Waals surface area contributed by atoms with Crippen LogP contribution in [-0.2, 0) is 0 Å². The fraction of sp³-hybridized carbons (Fsp3) is 0.312. The summed E-state index contributed by atoms with van der Waals surface area (Å²) in [4.78, 5) is 20.6. The van der Waals surface area contributed by atoms with Crippen molar-refractivity contribution in [3.8, 4) is 11.5 Å². The third-order valence-electron chi connectivity index (χ3n) is 3.27. The van der Waals surface area contributed by atoms with E-state index in [4.69, 9.17) is 9.47 Å². The summed E-state index contributed by atoms with van der Waals surface area (Å²) in [5.41, 5.74) is 1.36. The lowest BCUT2D eigenvalue weighted by atomic mass is 10.3. The maximum Gasteiger partial charge on any atom is 0.326 e. The second-order valence-electron chi connectivity index (χ2n) is 5.29. The molecule has 2 heterocycles. The van der Waals surface area contributed by atoms with Crippen LogP contribution in [0.3, 0.4) is 0 Å². The van der Waals surface area contributed by atoms with Gasteiger partial charge in [0.25, 0.3) is 0 Å². The van der Waals surface area contributed by atoms with Crippen LogP contribution in [0.5, 0.6) is 11.5 Å². The largest absolute Gasteiger partial charge is 0.454 e. The summed E-state index contributed by atoms with van der Waals surface area (Å²) in [6.07, 6.45) is 0.983. The Balaban J connectivity index is 1.65. The standard InChI is InChI=1S/C16H19N5O3/c1-3-6-17-14-7-10(2)18-15(20-14)21-16(22)19-11-4-5-12-13(8-11)24-9-23-12/h4-5,7-8H,3,6,9H2,1-2H3,(H3,17,18,19,20,21,22). The van der Waals surface area contributed by atoms with E-state index >= 15 is 0 Å². The Kier molecular flexibility index (Phi) is 4.64. The lowest BCUT2D eigenvalue weighted by Crippen LogP contribution is -2.21. The van der Waals surface area contributed by atoms with Gasteiger partial charge in [0, 0.05) is 30.1 Å². The minimum Gasteiger partial charge on any atom is -0.454 e. The average Bonchev–Trinajstić information content (AvgIpc) is 3.00. The molecule has 0 bridgehead atoms. The molecule has 0 saturated carbocycles. The number of carbonyl (C=O) groups excluding carboxylic acids is 1. The van der Waals surface area contributed by atoms with Gasteiger partial charge >= 0.3 is 6.03 Å². The molecule has 0 unspecified atom stereocenters. The molecule has 0 spiro atoms. The number of nitrogens with one attached hydrogen (secondary N) is 3. The molecule has 1 aromatic heterocycles. The van der Waals surface area contributed by atoms with E-state index in [9.17, 15) is 4.79 Å². The molecule has 0 saturated heterocycles. The lowest BCUT2D eigenvalue weighted by Gasteiger charge is -2.10. The number of ether oxygens (including phenoxy) is 2. The molecular weight excluding hydrogens is 310 g/mol. The molecule has 3 N–H and O–H groups in total. The molecule has 1 aliphatic rings. The number of rotatable bonds is 5. The Hall–Kier alpha value is -3.03. The molecule has 2 aromatic rings. The van der Waals surface area contributed by atoms with Gasteiger partial charge in [0.2, 0.25) is 12.7 Å². The van der Waals surface area contributed by atoms with Crippen molar-refractivity contribution < 1.29 is 14.3 Å². The van der Waals surface area contributed by atoms with Gasteiger partial charge in [0.15, 0.2) is 11.5 Å². The van der Waals surface area contributed by atoms with Gasteiger partial charge in [-0.15, -0.1) is 0 Å². The number of aromatic nitrogens is 2. The van der Waals surface area contributed by atoms with Crippen molar-refractivity contribution in [2.75, 3.05) is 29.3 Å². The number of hydrogen-bond acceptors (Lipinski definition) is 6. The van der Waals surface area contributed by atoms with Crippen molar-refractivity contribution in [1.82, 2.24) is 9.97 Å². The third kappa shape index (κ3) is 3.83. The predicted molar refractivity (Wildman–Crippen MR) is 90.8 cm³/mol. The Morgan fingerprint density at radius 2 is 2.00 bits per heavy atom. The number of fused-ring (bicyclic) bond motifs is 1. The smallest absolute Gasteiger partial charge is 0.326 e. The fourth-order valence-electron chi connectivity index (χ4n) is 2.21. The summed E-state index contributed by atoms with van der Waals surface area (Å²) in [5.74, 6) is 2.19. The number of urea groups is 1. The van der Waals surface area contributed by atoms with E-state index in [1.54, 1.807) is 18.2 Å². The highest BCUT2D eigenvalue weighted by atomic mass is 16.7. The second-order valence-corrected chi connectivity index (χ2v) is 5.29. The number of aryl methyl sites for hydroxylation is 1. The van der Waals surface area contributed by atoms with Crippen molar-refractivity contribution in [3.05, 3.63) is 30.0 Å². The van der Waals surface area contributed by atoms with Crippen LogP contribution >= 0.6 is 0 Å². The summed E-state index contributed by atoms with van der Waals surface area (Å²) in [6, 6.07) is 6.58. The monoisotopic (exact) mass is 329 g/mol. The molecule has 2 amide bonds. The number of benzene rings is 1. The van der Waals surface area contributed by atoms with Crippen LogP contribution in [0.1, 0.15) is 19.0 Å². The van der Waals surface area contributed by atoms with E-state index < -0.39 is 6.03 Å². The highest BCUT2D eigenvalue weighted by Gasteiger charge is 2.14. The van der Waals surface area contributed by atoms with Crippen molar-refractivity contribution in [3.63, 3.8) is 0 Å². The average molecular weight is 329 g/mol. The molecule has 8 heteroatoms. The van der Waals surface area contributed by atoms with E-state index in [2.05, 4.69) is 32.8 Å². The van der Waals surface area contributed by atoms with Crippen molar-refractivity contribution in [2.24, 2.45) is 0 Å². The normalized spacial score (nSPS) is 11.9. The van der Waals surface area contributed by atoms with Gasteiger partial charge in [-0.3, -0.25) is 5.32 Å². The molecular formula is C16H19N5O3. The van der Waals surface area contributed by atoms with Crippen LogP contribution in [0.15, 0.2) is 24.3 Å². The summed E-state index contributed by atoms with van der Waals surface area (Å²) in [6.45, 7) is 4.91. The van der Waals surface area contributed by atoms with Crippen LogP contribution in [0.2, 0.25) is 0 Å². The molecule has 126 valence electrons. The fourth-order valence-corrected chi connectivity index (χ4v) is 2.21. The predicted octanol–water partition coefficient (Wildman–Crippen LogP) is 2.98. The zero-order valence-electron chi connectivity index (χ0n) is 13.5. The van der Waals surface area contributed by atoms with Crippen molar-refractivity contribution >= 4 is 23.5 Å². The minimum absolute atomic E-state index is 0.190. The number of carbonyl (C=O) groups is 1. The zero-order chi connectivity index (χ0) is 16.9. The Morgan fingerprint density at radius 1 is 1.17 bits per heavy atom. The van der Waals surface area contributed by atoms with Gasteiger partial charge in [-0.25, -0.2) is 9.78 Å². The van der Waals surface area contributed by atoms with Crippen LogP contribution in [0, 0.1) is 6.92 Å². The highest BCUT2D eigenvalue weighted by Crippen LogP contribution is 2.34. The highest BCUT2D eigenvalue weighted by molar-refractivity contribution is 5.98. The van der Waals surface area contributed by atoms with Crippen LogP contribution in [0.25, 0.3) is 0 Å². The quantitative estimate of drug-likeness (QED) is 0.780. The minimum atomic E-state index is -0.430. The molecule has 0 fully saturated rings. The van der Waals surface area contributed by atoms with Gasteiger partial charge in [0.1, 0.15) is 5.82 Å². The van der Waals surface area contributed by atoms with Gasteiger partial charge < -0.3 is 20.1 Å². The second kappa shape index (κ2) is 7.03. The topological polar surface area (TPSA) is 97.4 Å². The Labute approximate surface area is 139 Å². The molecule has 1 aromatic carbocycles. The number of nitrogens with zero attached hydrogens (tertiary/aromatic N) is 2. The first-order valence-electron chi connectivity index (χ1n) is 7.71. The van der Waals surface area contributed by atoms with Crippen LogP contribution in [0.4, 0.5) is 22.2 Å². The Morgan fingerprint density at radius 3 is 2.83 bits per heavy atom. The molecule has 0 aliphatic carbocycles. The molecule has 8 nitrogen and oxygen atoms in total. The first kappa shape index (κ1) is 15.9. The number of hydrogen-bond donors (Lipinski definition) is 3. The van der Waals surface area contributed by atoms with Crippen LogP contribution in [-0.4, -0.2) is 29.3 Å². The SMILES string of the molecule is CCCNc1cc(C)nc(NC(=O)Nc2ccc3c(c2)OCO3)n1. The van der Waals surface area contributed by atoms with E-state index in [0.29, 0.717) is 23.0 Å². The third-order valence-corrected chi connectivity index (χ3v) is 3.27. The molecule has 24 heavy (non-hydrogen) atoms. The van der Waals surface area contributed by atoms with Crippen molar-refractivity contribution in [1.29, 1.82) is 0 Å². The molecule has 1 aliphatic heterocycles. The van der Waals surface area contributed by atoms with E-state index in [0.717, 1.165) is 18.7 Å². The number of amides is 2. The maximum absolute atomic E-state index is 12.1. The number of anilines is 3.